The smallest absolute Gasteiger partial charge is 0.330 e. The molecule has 2 heterocycles. The number of nitrogens with one attached hydrogen (secondary N) is 2. The number of carbonyl (C=O) groups is 1. The largest absolute Gasteiger partial charge is 0.387 e. The van der Waals surface area contributed by atoms with Crippen LogP contribution in [0.25, 0.3) is 0 Å². The first-order valence-electron chi connectivity index (χ1n) is 7.26. The molecule has 1 aromatic rings. The second-order valence-electron chi connectivity index (χ2n) is 5.35. The fraction of sp³-hybridized carbons (Fsp3) is 0.615. The summed E-state index contributed by atoms with van der Waals surface area (Å²) in [4.78, 5) is 36.2. The molecule has 1 aromatic heterocycles. The Morgan fingerprint density at radius 3 is 2.75 bits per heavy atom. The fourth-order valence-electron chi connectivity index (χ4n) is 2.33. The molecule has 1 saturated heterocycles. The van der Waals surface area contributed by atoms with Crippen LogP contribution in [0.2, 0.25) is 0 Å². The molecule has 24 heavy (non-hydrogen) atoms. The summed E-state index contributed by atoms with van der Waals surface area (Å²) < 4.78 is 19.0. The maximum absolute atomic E-state index is 13.3. The van der Waals surface area contributed by atoms with Crippen LogP contribution >= 0.6 is 0 Å². The number of ether oxygens (including phenoxy) is 1. The first-order valence-corrected chi connectivity index (χ1v) is 7.26. The Labute approximate surface area is 134 Å². The Morgan fingerprint density at radius 2 is 2.12 bits per heavy atom. The van der Waals surface area contributed by atoms with Crippen molar-refractivity contribution in [3.05, 3.63) is 32.9 Å². The number of aromatic nitrogens is 2. The summed E-state index contributed by atoms with van der Waals surface area (Å²) in [6, 6.07) is 0. The van der Waals surface area contributed by atoms with Crippen LogP contribution in [0.15, 0.2) is 15.8 Å². The monoisotopic (exact) mass is 347 g/mol. The van der Waals surface area contributed by atoms with Gasteiger partial charge < -0.3 is 25.4 Å². The molecule has 11 heteroatoms. The van der Waals surface area contributed by atoms with Gasteiger partial charge in [-0.1, -0.05) is 6.92 Å². The number of halogens is 1. The summed E-state index contributed by atoms with van der Waals surface area (Å²) in [6.45, 7) is 2.08. The number of aromatic amines is 1. The van der Waals surface area contributed by atoms with E-state index in [1.54, 1.807) is 11.9 Å². The van der Waals surface area contributed by atoms with Gasteiger partial charge in [-0.3, -0.25) is 19.1 Å². The normalized spacial score (nSPS) is 27.9. The molecule has 0 aliphatic carbocycles. The van der Waals surface area contributed by atoms with Crippen molar-refractivity contribution >= 4 is 5.91 Å². The van der Waals surface area contributed by atoms with Gasteiger partial charge in [-0.2, -0.15) is 4.39 Å². The highest BCUT2D eigenvalue weighted by molar-refractivity contribution is 5.81. The number of carbonyl (C=O) groups excluding carboxylic acids is 1. The Morgan fingerprint density at radius 1 is 1.46 bits per heavy atom. The summed E-state index contributed by atoms with van der Waals surface area (Å²) in [7, 11) is 0. The van der Waals surface area contributed by atoms with Gasteiger partial charge >= 0.3 is 5.69 Å². The molecule has 5 N–H and O–H groups in total. The van der Waals surface area contributed by atoms with Gasteiger partial charge in [0.1, 0.15) is 18.3 Å². The third-order valence-electron chi connectivity index (χ3n) is 3.60. The summed E-state index contributed by atoms with van der Waals surface area (Å²) in [5.41, 5.74) is -2.33. The minimum Gasteiger partial charge on any atom is -0.387 e. The number of hydrogen-bond donors (Lipinski definition) is 5. The molecule has 5 atom stereocenters. The summed E-state index contributed by atoms with van der Waals surface area (Å²) in [5.74, 6) is -2.13. The SMILES string of the molecule is CCCNC(=O)C(O)C1OC(n2cc(F)c(=O)[nH]c2=O)C(O)C1O. The molecule has 1 fully saturated rings. The van der Waals surface area contributed by atoms with Gasteiger partial charge in [-0.15, -0.1) is 0 Å². The van der Waals surface area contributed by atoms with Gasteiger partial charge in [0.25, 0.3) is 11.5 Å². The van der Waals surface area contributed by atoms with Crippen molar-refractivity contribution in [2.24, 2.45) is 0 Å². The second-order valence-corrected chi connectivity index (χ2v) is 5.35. The molecule has 1 aliphatic heterocycles. The summed E-state index contributed by atoms with van der Waals surface area (Å²) in [6.07, 6.45) is -7.25. The summed E-state index contributed by atoms with van der Waals surface area (Å²) >= 11 is 0. The Bertz CT molecular complexity index is 718. The van der Waals surface area contributed by atoms with E-state index in [0.717, 1.165) is 0 Å². The number of aliphatic hydroxyl groups excluding tert-OH is 3. The van der Waals surface area contributed by atoms with Gasteiger partial charge in [-0.05, 0) is 6.42 Å². The highest BCUT2D eigenvalue weighted by Crippen LogP contribution is 2.30. The third-order valence-corrected chi connectivity index (χ3v) is 3.60. The highest BCUT2D eigenvalue weighted by Gasteiger charge is 2.49. The maximum atomic E-state index is 13.3. The molecule has 10 nitrogen and oxygen atoms in total. The fourth-order valence-corrected chi connectivity index (χ4v) is 2.33. The van der Waals surface area contributed by atoms with Crippen molar-refractivity contribution in [1.82, 2.24) is 14.9 Å². The van der Waals surface area contributed by atoms with Crippen molar-refractivity contribution in [3.8, 4) is 0 Å². The molecule has 0 radical (unpaired) electrons. The number of H-pyrrole nitrogens is 1. The first kappa shape index (κ1) is 18.3. The van der Waals surface area contributed by atoms with E-state index in [-0.39, 0.29) is 6.54 Å². The lowest BCUT2D eigenvalue weighted by Gasteiger charge is -2.20. The predicted molar refractivity (Wildman–Crippen MR) is 76.5 cm³/mol. The number of rotatable bonds is 5. The van der Waals surface area contributed by atoms with Crippen LogP contribution in [0.3, 0.4) is 0 Å². The standard InChI is InChI=1S/C13H18FN3O7/c1-2-3-15-11(22)8(20)9-6(18)7(19)12(24-9)17-4-5(14)10(21)16-13(17)23/h4,6-9,12,18-20H,2-3H2,1H3,(H,15,22)(H,16,21,23). The molecule has 1 aliphatic rings. The van der Waals surface area contributed by atoms with Crippen molar-refractivity contribution in [2.45, 2.75) is 44.0 Å². The molecular weight excluding hydrogens is 329 g/mol. The Hall–Kier alpha value is -2.08. The van der Waals surface area contributed by atoms with Crippen LogP contribution in [0, 0.1) is 5.82 Å². The van der Waals surface area contributed by atoms with Crippen molar-refractivity contribution in [1.29, 1.82) is 0 Å². The minimum absolute atomic E-state index is 0.287. The van der Waals surface area contributed by atoms with Gasteiger partial charge in [0, 0.05) is 6.54 Å². The van der Waals surface area contributed by atoms with Gasteiger partial charge in [0.2, 0.25) is 5.82 Å². The molecule has 0 spiro atoms. The number of nitrogens with zero attached hydrogens (tertiary/aromatic N) is 1. The highest BCUT2D eigenvalue weighted by atomic mass is 19.1. The van der Waals surface area contributed by atoms with E-state index in [1.165, 1.54) is 0 Å². The van der Waals surface area contributed by atoms with Crippen LogP contribution in [0.4, 0.5) is 4.39 Å². The van der Waals surface area contributed by atoms with Crippen LogP contribution in [-0.4, -0.2) is 61.7 Å². The van der Waals surface area contributed by atoms with Crippen molar-refractivity contribution in [2.75, 3.05) is 6.54 Å². The lowest BCUT2D eigenvalue weighted by molar-refractivity contribution is -0.143. The maximum Gasteiger partial charge on any atom is 0.330 e. The molecule has 0 bridgehead atoms. The lowest BCUT2D eigenvalue weighted by Crippen LogP contribution is -2.47. The molecule has 0 aromatic carbocycles. The molecule has 5 unspecified atom stereocenters. The number of hydrogen-bond acceptors (Lipinski definition) is 7. The van der Waals surface area contributed by atoms with Gasteiger partial charge in [0.15, 0.2) is 12.3 Å². The van der Waals surface area contributed by atoms with Gasteiger partial charge in [0.05, 0.1) is 6.20 Å². The van der Waals surface area contributed by atoms with E-state index in [1.807, 2.05) is 0 Å². The Kier molecular flexibility index (Phi) is 5.49. The average Bonchev–Trinajstić information content (AvgIpc) is 2.83. The van der Waals surface area contributed by atoms with Crippen LogP contribution < -0.4 is 16.6 Å². The molecule has 1 amide bonds. The van der Waals surface area contributed by atoms with Crippen LogP contribution in [0.5, 0.6) is 0 Å². The molecule has 0 saturated carbocycles. The van der Waals surface area contributed by atoms with E-state index in [4.69, 9.17) is 4.74 Å². The number of amides is 1. The van der Waals surface area contributed by atoms with E-state index in [0.29, 0.717) is 17.2 Å². The molecule has 2 rings (SSSR count). The van der Waals surface area contributed by atoms with E-state index in [2.05, 4.69) is 5.32 Å². The van der Waals surface area contributed by atoms with Crippen LogP contribution in [0.1, 0.15) is 19.6 Å². The zero-order valence-corrected chi connectivity index (χ0v) is 12.7. The first-order chi connectivity index (χ1) is 11.3. The predicted octanol–water partition coefficient (Wildman–Crippen LogP) is -2.82. The van der Waals surface area contributed by atoms with Crippen LogP contribution in [-0.2, 0) is 9.53 Å². The lowest BCUT2D eigenvalue weighted by atomic mass is 10.0. The van der Waals surface area contributed by atoms with Gasteiger partial charge in [-0.25, -0.2) is 4.79 Å². The van der Waals surface area contributed by atoms with E-state index < -0.39 is 53.6 Å². The molecule has 134 valence electrons. The summed E-state index contributed by atoms with van der Waals surface area (Å²) in [5, 5.41) is 32.3. The van der Waals surface area contributed by atoms with Crippen molar-refractivity contribution < 1.29 is 29.2 Å². The average molecular weight is 347 g/mol. The van der Waals surface area contributed by atoms with E-state index in [9.17, 15) is 34.1 Å². The zero-order valence-electron chi connectivity index (χ0n) is 12.7. The third kappa shape index (κ3) is 3.38. The topological polar surface area (TPSA) is 154 Å². The van der Waals surface area contributed by atoms with E-state index >= 15 is 0 Å². The molecular formula is C13H18FN3O7. The Balaban J connectivity index is 2.24. The van der Waals surface area contributed by atoms with Crippen molar-refractivity contribution in [3.63, 3.8) is 0 Å². The second kappa shape index (κ2) is 7.21. The zero-order chi connectivity index (χ0) is 18.0. The minimum atomic E-state index is -1.81. The quantitative estimate of drug-likeness (QED) is 0.385. The number of aliphatic hydroxyl groups is 3.